The van der Waals surface area contributed by atoms with Crippen LogP contribution in [0.3, 0.4) is 0 Å². The second kappa shape index (κ2) is 6.59. The van der Waals surface area contributed by atoms with E-state index in [1.165, 1.54) is 0 Å². The van der Waals surface area contributed by atoms with E-state index in [0.717, 1.165) is 25.9 Å². The Balaban J connectivity index is 2.40. The molecule has 1 atom stereocenters. The van der Waals surface area contributed by atoms with E-state index in [1.54, 1.807) is 11.8 Å². The zero-order chi connectivity index (χ0) is 12.8. The highest BCUT2D eigenvalue weighted by atomic mass is 16.2. The van der Waals surface area contributed by atoms with E-state index in [4.69, 9.17) is 5.73 Å². The third kappa shape index (κ3) is 4.73. The van der Waals surface area contributed by atoms with Gasteiger partial charge < -0.3 is 15.5 Å². The van der Waals surface area contributed by atoms with Crippen LogP contribution < -0.4 is 5.73 Å². The normalized spacial score (nSPS) is 18.8. The van der Waals surface area contributed by atoms with Gasteiger partial charge in [0.05, 0.1) is 0 Å². The highest BCUT2D eigenvalue weighted by Crippen LogP contribution is 2.07. The topological polar surface area (TPSA) is 66.6 Å². The van der Waals surface area contributed by atoms with Crippen molar-refractivity contribution in [3.05, 3.63) is 0 Å². The summed E-state index contributed by atoms with van der Waals surface area (Å²) < 4.78 is 0. The minimum absolute atomic E-state index is 0.0691. The number of carbonyl (C=O) groups is 2. The molecule has 0 spiro atoms. The molecule has 17 heavy (non-hydrogen) atoms. The van der Waals surface area contributed by atoms with Crippen LogP contribution in [0.15, 0.2) is 0 Å². The lowest BCUT2D eigenvalue weighted by Gasteiger charge is -2.21. The van der Waals surface area contributed by atoms with Gasteiger partial charge in [-0.25, -0.2) is 0 Å². The van der Waals surface area contributed by atoms with Gasteiger partial charge in [-0.05, 0) is 19.8 Å². The maximum absolute atomic E-state index is 11.9. The first-order valence-corrected chi connectivity index (χ1v) is 6.29. The number of hydrogen-bond donors (Lipinski definition) is 1. The molecular weight excluding hydrogens is 218 g/mol. The third-order valence-corrected chi connectivity index (χ3v) is 3.11. The van der Waals surface area contributed by atoms with Gasteiger partial charge in [-0.15, -0.1) is 0 Å². The number of rotatable bonds is 3. The van der Waals surface area contributed by atoms with Crippen molar-refractivity contribution >= 4 is 11.8 Å². The molecule has 0 aromatic rings. The van der Waals surface area contributed by atoms with Crippen molar-refractivity contribution < 1.29 is 9.59 Å². The van der Waals surface area contributed by atoms with Crippen LogP contribution in [-0.4, -0.2) is 53.8 Å². The van der Waals surface area contributed by atoms with Crippen molar-refractivity contribution in [2.45, 2.75) is 39.2 Å². The lowest BCUT2D eigenvalue weighted by atomic mass is 10.2. The van der Waals surface area contributed by atoms with Crippen molar-refractivity contribution in [3.8, 4) is 0 Å². The average molecular weight is 241 g/mol. The summed E-state index contributed by atoms with van der Waals surface area (Å²) in [6.45, 7) is 6.30. The first kappa shape index (κ1) is 14.0. The molecular formula is C12H23N3O2. The molecule has 0 bridgehead atoms. The van der Waals surface area contributed by atoms with E-state index in [2.05, 4.69) is 0 Å². The Bertz CT molecular complexity index is 279. The molecule has 1 aliphatic rings. The van der Waals surface area contributed by atoms with E-state index in [-0.39, 0.29) is 17.9 Å². The summed E-state index contributed by atoms with van der Waals surface area (Å²) in [5.41, 5.74) is 5.64. The number of hydrogen-bond acceptors (Lipinski definition) is 3. The van der Waals surface area contributed by atoms with E-state index in [1.807, 2.05) is 11.8 Å². The van der Waals surface area contributed by atoms with Crippen LogP contribution in [-0.2, 0) is 9.59 Å². The second-order valence-corrected chi connectivity index (χ2v) is 4.76. The highest BCUT2D eigenvalue weighted by molar-refractivity contribution is 5.76. The van der Waals surface area contributed by atoms with E-state index in [0.29, 0.717) is 19.5 Å². The van der Waals surface area contributed by atoms with Gasteiger partial charge in [0.15, 0.2) is 0 Å². The Morgan fingerprint density at radius 1 is 1.18 bits per heavy atom. The van der Waals surface area contributed by atoms with Crippen LogP contribution in [0.5, 0.6) is 0 Å². The van der Waals surface area contributed by atoms with Crippen molar-refractivity contribution in [1.82, 2.24) is 9.80 Å². The van der Waals surface area contributed by atoms with Crippen molar-refractivity contribution in [3.63, 3.8) is 0 Å². The smallest absolute Gasteiger partial charge is 0.222 e. The van der Waals surface area contributed by atoms with Crippen LogP contribution in [0, 0.1) is 0 Å². The fraction of sp³-hybridized carbons (Fsp3) is 0.833. The summed E-state index contributed by atoms with van der Waals surface area (Å²) in [6.07, 6.45) is 2.10. The first-order valence-electron chi connectivity index (χ1n) is 6.29. The molecule has 1 unspecified atom stereocenters. The van der Waals surface area contributed by atoms with Gasteiger partial charge in [0.25, 0.3) is 0 Å². The Morgan fingerprint density at radius 2 is 1.76 bits per heavy atom. The van der Waals surface area contributed by atoms with Gasteiger partial charge in [-0.1, -0.05) is 0 Å². The Morgan fingerprint density at radius 3 is 2.35 bits per heavy atom. The lowest BCUT2D eigenvalue weighted by molar-refractivity contribution is -0.132. The number of carbonyl (C=O) groups excluding carboxylic acids is 2. The van der Waals surface area contributed by atoms with Gasteiger partial charge in [0.2, 0.25) is 11.8 Å². The van der Waals surface area contributed by atoms with Gasteiger partial charge in [-0.3, -0.25) is 9.59 Å². The molecule has 0 aliphatic carbocycles. The first-order chi connectivity index (χ1) is 8.00. The summed E-state index contributed by atoms with van der Waals surface area (Å²) in [5.74, 6) is 0.252. The van der Waals surface area contributed by atoms with Gasteiger partial charge in [0, 0.05) is 45.6 Å². The van der Waals surface area contributed by atoms with E-state index >= 15 is 0 Å². The maximum Gasteiger partial charge on any atom is 0.222 e. The molecule has 0 aromatic heterocycles. The fourth-order valence-corrected chi connectivity index (χ4v) is 1.99. The molecule has 0 saturated carbocycles. The molecule has 1 aliphatic heterocycles. The molecule has 1 heterocycles. The van der Waals surface area contributed by atoms with Crippen molar-refractivity contribution in [2.75, 3.05) is 26.2 Å². The zero-order valence-corrected chi connectivity index (χ0v) is 10.8. The molecule has 1 rings (SSSR count). The largest absolute Gasteiger partial charge is 0.341 e. The van der Waals surface area contributed by atoms with Gasteiger partial charge in [0.1, 0.15) is 0 Å². The minimum atomic E-state index is 0.0691. The van der Waals surface area contributed by atoms with Crippen molar-refractivity contribution in [2.24, 2.45) is 5.73 Å². The second-order valence-electron chi connectivity index (χ2n) is 4.76. The predicted molar refractivity (Wildman–Crippen MR) is 66.3 cm³/mol. The third-order valence-electron chi connectivity index (χ3n) is 3.11. The summed E-state index contributed by atoms with van der Waals surface area (Å²) in [6, 6.07) is 0.0691. The van der Waals surface area contributed by atoms with Crippen LogP contribution in [0.25, 0.3) is 0 Å². The SMILES string of the molecule is CC(=O)N1CCCN(C(=O)CCC(C)N)CC1. The number of nitrogens with zero attached hydrogens (tertiary/aromatic N) is 2. The highest BCUT2D eigenvalue weighted by Gasteiger charge is 2.19. The van der Waals surface area contributed by atoms with E-state index in [9.17, 15) is 9.59 Å². The fourth-order valence-electron chi connectivity index (χ4n) is 1.99. The van der Waals surface area contributed by atoms with Gasteiger partial charge >= 0.3 is 0 Å². The maximum atomic E-state index is 11.9. The monoisotopic (exact) mass is 241 g/mol. The Kier molecular flexibility index (Phi) is 5.41. The van der Waals surface area contributed by atoms with Gasteiger partial charge in [-0.2, -0.15) is 0 Å². The number of amides is 2. The molecule has 1 fully saturated rings. The lowest BCUT2D eigenvalue weighted by Crippen LogP contribution is -2.36. The number of nitrogens with two attached hydrogens (primary N) is 1. The van der Waals surface area contributed by atoms with Crippen LogP contribution in [0.1, 0.15) is 33.1 Å². The zero-order valence-electron chi connectivity index (χ0n) is 10.8. The summed E-state index contributed by atoms with van der Waals surface area (Å²) in [5, 5.41) is 0. The average Bonchev–Trinajstić information content (AvgIpc) is 2.51. The molecule has 98 valence electrons. The van der Waals surface area contributed by atoms with Crippen molar-refractivity contribution in [1.29, 1.82) is 0 Å². The molecule has 5 nitrogen and oxygen atoms in total. The minimum Gasteiger partial charge on any atom is -0.341 e. The summed E-state index contributed by atoms with van der Waals surface area (Å²) in [7, 11) is 0. The Hall–Kier alpha value is -1.10. The van der Waals surface area contributed by atoms with Crippen LogP contribution in [0.4, 0.5) is 0 Å². The van der Waals surface area contributed by atoms with E-state index < -0.39 is 0 Å². The Labute approximate surface area is 103 Å². The molecule has 0 aromatic carbocycles. The molecule has 5 heteroatoms. The van der Waals surface area contributed by atoms with Crippen LogP contribution >= 0.6 is 0 Å². The molecule has 0 radical (unpaired) electrons. The molecule has 2 amide bonds. The quantitative estimate of drug-likeness (QED) is 0.767. The predicted octanol–water partition coefficient (Wildman–Crippen LogP) is 0.195. The standard InChI is InChI=1S/C12H23N3O2/c1-10(13)4-5-12(17)15-7-3-6-14(8-9-15)11(2)16/h10H,3-9,13H2,1-2H3. The molecule has 2 N–H and O–H groups in total. The van der Waals surface area contributed by atoms with Crippen LogP contribution in [0.2, 0.25) is 0 Å². The molecule has 1 saturated heterocycles. The summed E-state index contributed by atoms with van der Waals surface area (Å²) in [4.78, 5) is 26.8. The summed E-state index contributed by atoms with van der Waals surface area (Å²) >= 11 is 0.